The monoisotopic (exact) mass is 391 g/mol. The van der Waals surface area contributed by atoms with E-state index in [0.717, 1.165) is 16.2 Å². The fourth-order valence-electron chi connectivity index (χ4n) is 3.28. The number of thiophene rings is 1. The van der Waals surface area contributed by atoms with Gasteiger partial charge in [-0.3, -0.25) is 9.59 Å². The zero-order valence-corrected chi connectivity index (χ0v) is 16.9. The molecule has 1 aromatic heterocycles. The Kier molecular flexibility index (Phi) is 7.15. The number of hydrogen-bond acceptors (Lipinski definition) is 3. The third-order valence-electron chi connectivity index (χ3n) is 4.75. The molecule has 3 aromatic rings. The summed E-state index contributed by atoms with van der Waals surface area (Å²) in [4.78, 5) is 26.2. The smallest absolute Gasteiger partial charge is 0.220 e. The number of amides is 1. The van der Waals surface area contributed by atoms with Crippen LogP contribution in [-0.2, 0) is 4.79 Å². The molecule has 28 heavy (non-hydrogen) atoms. The number of carbonyl (C=O) groups excluding carboxylic acids is 2. The van der Waals surface area contributed by atoms with Crippen LogP contribution in [0, 0.1) is 6.92 Å². The van der Waals surface area contributed by atoms with Crippen LogP contribution in [0.15, 0.2) is 72.8 Å². The highest BCUT2D eigenvalue weighted by molar-refractivity contribution is 7.14. The average Bonchev–Trinajstić information content (AvgIpc) is 3.17. The van der Waals surface area contributed by atoms with Crippen LogP contribution in [0.3, 0.4) is 0 Å². The molecule has 0 radical (unpaired) electrons. The number of rotatable bonds is 9. The summed E-state index contributed by atoms with van der Waals surface area (Å²) in [5.41, 5.74) is 2.48. The van der Waals surface area contributed by atoms with Gasteiger partial charge < -0.3 is 5.32 Å². The molecular formula is C24H25NO2S. The Morgan fingerprint density at radius 3 is 2.00 bits per heavy atom. The van der Waals surface area contributed by atoms with Crippen molar-refractivity contribution >= 4 is 23.0 Å². The van der Waals surface area contributed by atoms with Gasteiger partial charge in [0.05, 0.1) is 4.88 Å². The van der Waals surface area contributed by atoms with Crippen molar-refractivity contribution in [1.29, 1.82) is 0 Å². The van der Waals surface area contributed by atoms with Crippen LogP contribution in [-0.4, -0.2) is 18.2 Å². The Morgan fingerprint density at radius 2 is 1.46 bits per heavy atom. The molecule has 3 nitrogen and oxygen atoms in total. The van der Waals surface area contributed by atoms with Gasteiger partial charge in [-0.25, -0.2) is 0 Å². The van der Waals surface area contributed by atoms with Crippen LogP contribution < -0.4 is 5.32 Å². The maximum atomic E-state index is 12.2. The molecule has 0 saturated heterocycles. The van der Waals surface area contributed by atoms with Gasteiger partial charge in [0.2, 0.25) is 5.91 Å². The summed E-state index contributed by atoms with van der Waals surface area (Å²) in [5, 5.41) is 2.98. The molecule has 0 unspecified atom stereocenters. The third kappa shape index (κ3) is 5.64. The van der Waals surface area contributed by atoms with E-state index in [-0.39, 0.29) is 30.4 Å². The molecule has 0 aliphatic carbocycles. The largest absolute Gasteiger partial charge is 0.356 e. The lowest BCUT2D eigenvalue weighted by Gasteiger charge is -2.18. The van der Waals surface area contributed by atoms with Crippen LogP contribution in [0.5, 0.6) is 0 Å². The minimum absolute atomic E-state index is 0.0414. The van der Waals surface area contributed by atoms with Crippen molar-refractivity contribution in [2.24, 2.45) is 0 Å². The molecule has 1 N–H and O–H groups in total. The van der Waals surface area contributed by atoms with E-state index < -0.39 is 0 Å². The highest BCUT2D eigenvalue weighted by atomic mass is 32.1. The van der Waals surface area contributed by atoms with Gasteiger partial charge in [-0.2, -0.15) is 0 Å². The minimum Gasteiger partial charge on any atom is -0.356 e. The predicted octanol–water partition coefficient (Wildman–Crippen LogP) is 5.36. The first-order chi connectivity index (χ1) is 13.6. The Morgan fingerprint density at radius 1 is 0.857 bits per heavy atom. The first-order valence-corrected chi connectivity index (χ1v) is 10.4. The first kappa shape index (κ1) is 20.0. The van der Waals surface area contributed by atoms with Crippen molar-refractivity contribution in [3.8, 4) is 0 Å². The fourth-order valence-corrected chi connectivity index (χ4v) is 4.11. The Hall–Kier alpha value is -2.72. The zero-order valence-electron chi connectivity index (χ0n) is 16.1. The summed E-state index contributed by atoms with van der Waals surface area (Å²) >= 11 is 1.48. The second kappa shape index (κ2) is 10.00. The zero-order chi connectivity index (χ0) is 19.8. The second-order valence-corrected chi connectivity index (χ2v) is 8.13. The lowest BCUT2D eigenvalue weighted by atomic mass is 9.88. The molecule has 144 valence electrons. The highest BCUT2D eigenvalue weighted by Gasteiger charge is 2.15. The van der Waals surface area contributed by atoms with E-state index in [4.69, 9.17) is 0 Å². The van der Waals surface area contributed by atoms with Crippen molar-refractivity contribution < 1.29 is 9.59 Å². The van der Waals surface area contributed by atoms with Gasteiger partial charge >= 0.3 is 0 Å². The van der Waals surface area contributed by atoms with Crippen molar-refractivity contribution in [3.05, 3.63) is 93.7 Å². The normalized spacial score (nSPS) is 10.8. The van der Waals surface area contributed by atoms with Crippen molar-refractivity contribution in [1.82, 2.24) is 5.32 Å². The Bertz CT molecular complexity index is 863. The van der Waals surface area contributed by atoms with E-state index in [9.17, 15) is 9.59 Å². The quantitative estimate of drug-likeness (QED) is 0.499. The average molecular weight is 392 g/mol. The number of aryl methyl sites for hydroxylation is 1. The number of nitrogens with one attached hydrogen (secondary N) is 1. The number of Topliss-reactive ketones (excluding diaryl/α,β-unsaturated/α-hetero) is 1. The van der Waals surface area contributed by atoms with Crippen LogP contribution in [0.1, 0.15) is 50.9 Å². The molecule has 2 aromatic carbocycles. The lowest BCUT2D eigenvalue weighted by Crippen LogP contribution is -2.26. The molecule has 1 amide bonds. The van der Waals surface area contributed by atoms with Gasteiger partial charge in [0.15, 0.2) is 5.78 Å². The number of carbonyl (C=O) groups is 2. The number of hydrogen-bond donors (Lipinski definition) is 1. The van der Waals surface area contributed by atoms with Gasteiger partial charge in [-0.1, -0.05) is 60.7 Å². The molecule has 0 saturated carbocycles. The summed E-state index contributed by atoms with van der Waals surface area (Å²) in [6.07, 6.45) is 1.31. The van der Waals surface area contributed by atoms with Crippen LogP contribution >= 0.6 is 11.3 Å². The third-order valence-corrected chi connectivity index (χ3v) is 5.80. The van der Waals surface area contributed by atoms with E-state index in [1.165, 1.54) is 22.5 Å². The molecule has 0 bridgehead atoms. The van der Waals surface area contributed by atoms with E-state index in [1.807, 2.05) is 55.5 Å². The van der Waals surface area contributed by atoms with Crippen molar-refractivity contribution in [3.63, 3.8) is 0 Å². The van der Waals surface area contributed by atoms with Gasteiger partial charge in [-0.05, 0) is 36.6 Å². The molecule has 0 aliphatic heterocycles. The van der Waals surface area contributed by atoms with E-state index in [2.05, 4.69) is 29.6 Å². The van der Waals surface area contributed by atoms with Gasteiger partial charge in [0, 0.05) is 30.2 Å². The van der Waals surface area contributed by atoms with E-state index >= 15 is 0 Å². The Labute approximate surface area is 170 Å². The van der Waals surface area contributed by atoms with Crippen LogP contribution in [0.2, 0.25) is 0 Å². The van der Waals surface area contributed by atoms with Crippen LogP contribution in [0.25, 0.3) is 0 Å². The molecule has 1 heterocycles. The molecule has 3 rings (SSSR count). The summed E-state index contributed by atoms with van der Waals surface area (Å²) < 4.78 is 0. The first-order valence-electron chi connectivity index (χ1n) is 9.59. The summed E-state index contributed by atoms with van der Waals surface area (Å²) in [7, 11) is 0. The van der Waals surface area contributed by atoms with Crippen molar-refractivity contribution in [2.75, 3.05) is 6.54 Å². The van der Waals surface area contributed by atoms with Gasteiger partial charge in [0.1, 0.15) is 0 Å². The van der Waals surface area contributed by atoms with Gasteiger partial charge in [-0.15, -0.1) is 11.3 Å². The highest BCUT2D eigenvalue weighted by Crippen LogP contribution is 2.27. The molecular weight excluding hydrogens is 366 g/mol. The summed E-state index contributed by atoms with van der Waals surface area (Å²) in [5.74, 6) is 0.208. The fraction of sp³-hybridized carbons (Fsp3) is 0.250. The molecule has 0 atom stereocenters. The maximum Gasteiger partial charge on any atom is 0.220 e. The topological polar surface area (TPSA) is 46.2 Å². The number of benzene rings is 2. The molecule has 0 aliphatic rings. The van der Waals surface area contributed by atoms with E-state index in [1.54, 1.807) is 0 Å². The van der Waals surface area contributed by atoms with Gasteiger partial charge in [0.25, 0.3) is 0 Å². The predicted molar refractivity (Wildman–Crippen MR) is 115 cm³/mol. The lowest BCUT2D eigenvalue weighted by molar-refractivity contribution is -0.121. The number of ketones is 1. The molecule has 0 fully saturated rings. The maximum absolute atomic E-state index is 12.2. The Balaban J connectivity index is 1.51. The van der Waals surface area contributed by atoms with Crippen LogP contribution in [0.4, 0.5) is 0 Å². The summed E-state index contributed by atoms with van der Waals surface area (Å²) in [6.45, 7) is 2.56. The second-order valence-electron chi connectivity index (χ2n) is 6.85. The molecule has 4 heteroatoms. The van der Waals surface area contributed by atoms with E-state index in [0.29, 0.717) is 6.54 Å². The summed E-state index contributed by atoms with van der Waals surface area (Å²) in [6, 6.07) is 24.5. The standard InChI is InChI=1S/C24H25NO2S/c1-18-12-14-23(28-18)22(26)13-15-24(27)25-17-16-21(19-8-4-2-5-9-19)20-10-6-3-7-11-20/h2-12,14,21H,13,15-17H2,1H3,(H,25,27). The SMILES string of the molecule is Cc1ccc(C(=O)CCC(=O)NCCC(c2ccccc2)c2ccccc2)s1. The minimum atomic E-state index is -0.0681. The molecule has 0 spiro atoms. The van der Waals surface area contributed by atoms with Crippen molar-refractivity contribution in [2.45, 2.75) is 32.1 Å².